The van der Waals surface area contributed by atoms with Crippen molar-refractivity contribution in [3.8, 4) is 0 Å². The first-order valence-corrected chi connectivity index (χ1v) is 5.11. The van der Waals surface area contributed by atoms with Crippen LogP contribution in [0, 0.1) is 0 Å². The van der Waals surface area contributed by atoms with Crippen molar-refractivity contribution in [2.75, 3.05) is 0 Å². The molecule has 0 radical (unpaired) electrons. The van der Waals surface area contributed by atoms with Crippen LogP contribution in [0.15, 0.2) is 34.1 Å². The van der Waals surface area contributed by atoms with E-state index in [-0.39, 0.29) is 0 Å². The van der Waals surface area contributed by atoms with Crippen LogP contribution in [0.2, 0.25) is 0 Å². The van der Waals surface area contributed by atoms with Gasteiger partial charge in [-0.2, -0.15) is 0 Å². The molecule has 0 fully saturated rings. The molecule has 1 aromatic carbocycles. The third-order valence-electron chi connectivity index (χ3n) is 2.26. The van der Waals surface area contributed by atoms with Crippen molar-refractivity contribution in [2.24, 2.45) is 0 Å². The van der Waals surface area contributed by atoms with Crippen LogP contribution < -0.4 is 0 Å². The maximum atomic E-state index is 10.6. The predicted octanol–water partition coefficient (Wildman–Crippen LogP) is 3.46. The number of hydrogen-bond donors (Lipinski definition) is 0. The third kappa shape index (κ3) is 0.930. The number of aldehydes is 1. The summed E-state index contributed by atoms with van der Waals surface area (Å²) in [7, 11) is 0. The van der Waals surface area contributed by atoms with Crippen LogP contribution in [-0.4, -0.2) is 6.29 Å². The second-order valence-corrected chi connectivity index (χ2v) is 3.98. The molecule has 0 atom stereocenters. The summed E-state index contributed by atoms with van der Waals surface area (Å²) in [6, 6.07) is 7.48. The molecule has 3 rings (SSSR count). The number of carbonyl (C=O) groups excluding carboxylic acids is 1. The lowest BCUT2D eigenvalue weighted by Crippen LogP contribution is -1.76. The Kier molecular flexibility index (Phi) is 1.49. The van der Waals surface area contributed by atoms with Crippen LogP contribution in [-0.2, 0) is 0 Å². The molecule has 0 aliphatic rings. The Morgan fingerprint density at radius 3 is 3.00 bits per heavy atom. The topological polar surface area (TPSA) is 30.2 Å². The van der Waals surface area contributed by atoms with Crippen molar-refractivity contribution in [3.63, 3.8) is 0 Å². The van der Waals surface area contributed by atoms with Gasteiger partial charge in [0.05, 0.1) is 0 Å². The van der Waals surface area contributed by atoms with Gasteiger partial charge in [0, 0.05) is 16.3 Å². The van der Waals surface area contributed by atoms with E-state index in [9.17, 15) is 4.79 Å². The molecule has 0 bridgehead atoms. The van der Waals surface area contributed by atoms with Gasteiger partial charge in [0.2, 0.25) is 0 Å². The van der Waals surface area contributed by atoms with Crippen molar-refractivity contribution >= 4 is 38.9 Å². The Morgan fingerprint density at radius 2 is 2.14 bits per heavy atom. The number of furan rings is 1. The fourth-order valence-electron chi connectivity index (χ4n) is 1.59. The summed E-state index contributed by atoms with van der Waals surface area (Å²) in [6.07, 6.45) is 0.852. The standard InChI is InChI=1S/C11H6O2S/c12-6-7-1-2-10-9(5-7)8-3-4-14-11(8)13-10/h1-6H. The molecule has 0 N–H and O–H groups in total. The molecule has 2 aromatic heterocycles. The van der Waals surface area contributed by atoms with Crippen molar-refractivity contribution < 1.29 is 9.21 Å². The zero-order valence-electron chi connectivity index (χ0n) is 7.19. The Hall–Kier alpha value is -1.61. The smallest absolute Gasteiger partial charge is 0.188 e. The molecule has 14 heavy (non-hydrogen) atoms. The maximum Gasteiger partial charge on any atom is 0.188 e. The molecule has 0 spiro atoms. The van der Waals surface area contributed by atoms with Gasteiger partial charge in [-0.05, 0) is 29.6 Å². The number of carbonyl (C=O) groups is 1. The normalized spacial score (nSPS) is 11.1. The highest BCUT2D eigenvalue weighted by atomic mass is 32.1. The average molecular weight is 202 g/mol. The first kappa shape index (κ1) is 7.76. The molecule has 3 aromatic rings. The van der Waals surface area contributed by atoms with Gasteiger partial charge in [-0.3, -0.25) is 4.79 Å². The molecule has 2 heterocycles. The van der Waals surface area contributed by atoms with E-state index in [0.717, 1.165) is 27.5 Å². The van der Waals surface area contributed by atoms with Gasteiger partial charge in [0.15, 0.2) is 4.90 Å². The highest BCUT2D eigenvalue weighted by Gasteiger charge is 2.07. The lowest BCUT2D eigenvalue weighted by Gasteiger charge is -1.89. The summed E-state index contributed by atoms with van der Waals surface area (Å²) >= 11 is 1.57. The van der Waals surface area contributed by atoms with Crippen molar-refractivity contribution in [1.29, 1.82) is 0 Å². The highest BCUT2D eigenvalue weighted by Crippen LogP contribution is 2.32. The minimum absolute atomic E-state index is 0.686. The molecule has 0 saturated carbocycles. The summed E-state index contributed by atoms with van der Waals surface area (Å²) < 4.78 is 5.59. The average Bonchev–Trinajstić information content (AvgIpc) is 2.76. The van der Waals surface area contributed by atoms with Crippen LogP contribution in [0.1, 0.15) is 10.4 Å². The second-order valence-electron chi connectivity index (χ2n) is 3.10. The van der Waals surface area contributed by atoms with Gasteiger partial charge in [-0.15, -0.1) is 11.3 Å². The number of thiophene rings is 1. The van der Waals surface area contributed by atoms with E-state index in [2.05, 4.69) is 0 Å². The molecule has 2 nitrogen and oxygen atoms in total. The van der Waals surface area contributed by atoms with Gasteiger partial charge >= 0.3 is 0 Å². The summed E-state index contributed by atoms with van der Waals surface area (Å²) in [5.41, 5.74) is 1.53. The van der Waals surface area contributed by atoms with Gasteiger partial charge in [0.25, 0.3) is 0 Å². The predicted molar refractivity (Wildman–Crippen MR) is 57.0 cm³/mol. The molecular weight excluding hydrogens is 196 g/mol. The summed E-state index contributed by atoms with van der Waals surface area (Å²) in [5, 5.41) is 4.10. The minimum Gasteiger partial charge on any atom is -0.445 e. The van der Waals surface area contributed by atoms with Gasteiger partial charge < -0.3 is 4.42 Å². The SMILES string of the molecule is O=Cc1ccc2oc3sccc3c2c1. The van der Waals surface area contributed by atoms with Crippen LogP contribution >= 0.6 is 11.3 Å². The zero-order valence-corrected chi connectivity index (χ0v) is 8.01. The lowest BCUT2D eigenvalue weighted by atomic mass is 10.1. The van der Waals surface area contributed by atoms with E-state index in [1.54, 1.807) is 17.4 Å². The number of hydrogen-bond acceptors (Lipinski definition) is 3. The van der Waals surface area contributed by atoms with E-state index in [1.165, 1.54) is 0 Å². The summed E-state index contributed by atoms with van der Waals surface area (Å²) in [4.78, 5) is 11.5. The number of benzene rings is 1. The largest absolute Gasteiger partial charge is 0.445 e. The lowest BCUT2D eigenvalue weighted by molar-refractivity contribution is 0.112. The third-order valence-corrected chi connectivity index (χ3v) is 3.05. The Balaban J connectivity index is 2.52. The molecule has 0 saturated heterocycles. The van der Waals surface area contributed by atoms with Crippen LogP contribution in [0.4, 0.5) is 0 Å². The first-order valence-electron chi connectivity index (χ1n) is 4.23. The van der Waals surface area contributed by atoms with Crippen molar-refractivity contribution in [2.45, 2.75) is 0 Å². The molecule has 0 amide bonds. The summed E-state index contributed by atoms with van der Waals surface area (Å²) in [5.74, 6) is 0. The van der Waals surface area contributed by atoms with Gasteiger partial charge in [-0.1, -0.05) is 0 Å². The van der Waals surface area contributed by atoms with Crippen LogP contribution in [0.3, 0.4) is 0 Å². The maximum absolute atomic E-state index is 10.6. The quantitative estimate of drug-likeness (QED) is 0.565. The van der Waals surface area contributed by atoms with E-state index in [4.69, 9.17) is 4.42 Å². The zero-order chi connectivity index (χ0) is 9.54. The summed E-state index contributed by atoms with van der Waals surface area (Å²) in [6.45, 7) is 0. The monoisotopic (exact) mass is 202 g/mol. The minimum atomic E-state index is 0.686. The highest BCUT2D eigenvalue weighted by molar-refractivity contribution is 7.16. The van der Waals surface area contributed by atoms with E-state index in [0.29, 0.717) is 5.56 Å². The van der Waals surface area contributed by atoms with Crippen LogP contribution in [0.5, 0.6) is 0 Å². The fraction of sp³-hybridized carbons (Fsp3) is 0. The molecule has 68 valence electrons. The van der Waals surface area contributed by atoms with Crippen molar-refractivity contribution in [1.82, 2.24) is 0 Å². The number of fused-ring (bicyclic) bond motifs is 3. The Morgan fingerprint density at radius 1 is 1.21 bits per heavy atom. The van der Waals surface area contributed by atoms with Crippen molar-refractivity contribution in [3.05, 3.63) is 35.2 Å². The number of rotatable bonds is 1. The fourth-order valence-corrected chi connectivity index (χ4v) is 2.36. The van der Waals surface area contributed by atoms with E-state index < -0.39 is 0 Å². The molecular formula is C11H6O2S. The molecule has 3 heteroatoms. The van der Waals surface area contributed by atoms with E-state index in [1.807, 2.05) is 23.6 Å². The molecule has 0 aliphatic carbocycles. The van der Waals surface area contributed by atoms with Crippen LogP contribution in [0.25, 0.3) is 21.3 Å². The first-order chi connectivity index (χ1) is 6.88. The Labute approximate surface area is 83.8 Å². The molecule has 0 aliphatic heterocycles. The molecule has 0 unspecified atom stereocenters. The Bertz CT molecular complexity index is 618. The van der Waals surface area contributed by atoms with Gasteiger partial charge in [-0.25, -0.2) is 0 Å². The second kappa shape index (κ2) is 2.69. The van der Waals surface area contributed by atoms with E-state index >= 15 is 0 Å². The van der Waals surface area contributed by atoms with Gasteiger partial charge in [0.1, 0.15) is 11.9 Å².